The van der Waals surface area contributed by atoms with Crippen molar-refractivity contribution in [1.82, 2.24) is 10.6 Å². The van der Waals surface area contributed by atoms with Gasteiger partial charge < -0.3 is 24.8 Å². The van der Waals surface area contributed by atoms with Gasteiger partial charge in [-0.05, 0) is 26.3 Å². The molecule has 144 valence electrons. The molecule has 26 heavy (non-hydrogen) atoms. The zero-order valence-corrected chi connectivity index (χ0v) is 15.5. The van der Waals surface area contributed by atoms with Gasteiger partial charge in [0.15, 0.2) is 0 Å². The molecule has 0 aliphatic rings. The van der Waals surface area contributed by atoms with Crippen molar-refractivity contribution in [2.45, 2.75) is 38.8 Å². The number of benzene rings is 1. The van der Waals surface area contributed by atoms with Crippen molar-refractivity contribution >= 4 is 18.2 Å². The van der Waals surface area contributed by atoms with E-state index >= 15 is 0 Å². The molecule has 2 N–H and O–H groups in total. The van der Waals surface area contributed by atoms with Crippen LogP contribution in [0, 0.1) is 0 Å². The van der Waals surface area contributed by atoms with Gasteiger partial charge in [-0.3, -0.25) is 0 Å². The van der Waals surface area contributed by atoms with Gasteiger partial charge in [0.1, 0.15) is 18.2 Å². The maximum Gasteiger partial charge on any atom is 0.407 e. The van der Waals surface area contributed by atoms with E-state index in [2.05, 4.69) is 10.6 Å². The van der Waals surface area contributed by atoms with Crippen molar-refractivity contribution in [3.05, 3.63) is 35.9 Å². The van der Waals surface area contributed by atoms with Crippen molar-refractivity contribution in [2.24, 2.45) is 0 Å². The van der Waals surface area contributed by atoms with E-state index in [1.165, 1.54) is 7.11 Å². The van der Waals surface area contributed by atoms with Gasteiger partial charge in [0.05, 0.1) is 13.7 Å². The minimum absolute atomic E-state index is 0.0652. The van der Waals surface area contributed by atoms with E-state index in [9.17, 15) is 14.4 Å². The molecule has 1 atom stereocenters. The topological polar surface area (TPSA) is 103 Å². The van der Waals surface area contributed by atoms with Gasteiger partial charge in [-0.2, -0.15) is 0 Å². The number of carbonyl (C=O) groups excluding carboxylic acids is 3. The first-order valence-corrected chi connectivity index (χ1v) is 8.23. The fraction of sp³-hybridized carbons (Fsp3) is 0.500. The highest BCUT2D eigenvalue weighted by molar-refractivity contribution is 5.81. The third kappa shape index (κ3) is 8.91. The molecule has 0 bridgehead atoms. The smallest absolute Gasteiger partial charge is 0.407 e. The zero-order chi connectivity index (χ0) is 19.6. The maximum atomic E-state index is 11.9. The predicted molar refractivity (Wildman–Crippen MR) is 94.7 cm³/mol. The average Bonchev–Trinajstić information content (AvgIpc) is 2.57. The Morgan fingerprint density at radius 3 is 2.31 bits per heavy atom. The third-order valence-corrected chi connectivity index (χ3v) is 3.06. The fourth-order valence-corrected chi connectivity index (χ4v) is 1.98. The summed E-state index contributed by atoms with van der Waals surface area (Å²) in [5.41, 5.74) is 0.266. The highest BCUT2D eigenvalue weighted by Gasteiger charge is 2.22. The zero-order valence-electron chi connectivity index (χ0n) is 15.5. The summed E-state index contributed by atoms with van der Waals surface area (Å²) in [7, 11) is 1.25. The molecule has 1 aromatic rings. The molecule has 0 fully saturated rings. The lowest BCUT2D eigenvalue weighted by molar-refractivity contribution is -0.142. The monoisotopic (exact) mass is 366 g/mol. The first-order chi connectivity index (χ1) is 12.2. The highest BCUT2D eigenvalue weighted by Crippen LogP contribution is 2.06. The molecule has 1 aromatic carbocycles. The molecule has 0 saturated heterocycles. The Morgan fingerprint density at radius 1 is 1.08 bits per heavy atom. The van der Waals surface area contributed by atoms with Gasteiger partial charge >= 0.3 is 18.2 Å². The number of ether oxygens (including phenoxy) is 3. The lowest BCUT2D eigenvalue weighted by Gasteiger charge is -2.20. The normalized spacial score (nSPS) is 11.8. The molecule has 0 spiro atoms. The van der Waals surface area contributed by atoms with Crippen molar-refractivity contribution in [3.63, 3.8) is 0 Å². The van der Waals surface area contributed by atoms with Crippen LogP contribution >= 0.6 is 0 Å². The molecular weight excluding hydrogens is 340 g/mol. The maximum absolute atomic E-state index is 11.9. The standard InChI is InChI=1S/C18H26N2O6/c1-18(2,3)26-16(22)19-10-11-25-17(23)20-14(15(21)24-4)12-13-8-6-5-7-9-13/h5-9,14H,10-12H2,1-4H3,(H,19,22)(H,20,23)/t14-/m0/s1. The molecule has 0 heterocycles. The van der Waals surface area contributed by atoms with Crippen LogP contribution in [0.1, 0.15) is 26.3 Å². The summed E-state index contributed by atoms with van der Waals surface area (Å²) >= 11 is 0. The molecular formula is C18H26N2O6. The van der Waals surface area contributed by atoms with Crippen LogP contribution in [0.4, 0.5) is 9.59 Å². The van der Waals surface area contributed by atoms with Gasteiger partial charge in [0.25, 0.3) is 0 Å². The number of nitrogens with one attached hydrogen (secondary N) is 2. The summed E-state index contributed by atoms with van der Waals surface area (Å²) in [5, 5.41) is 4.93. The van der Waals surface area contributed by atoms with Gasteiger partial charge in [0, 0.05) is 6.42 Å². The highest BCUT2D eigenvalue weighted by atomic mass is 16.6. The first-order valence-electron chi connectivity index (χ1n) is 8.23. The van der Waals surface area contributed by atoms with Crippen LogP contribution in [0.3, 0.4) is 0 Å². The van der Waals surface area contributed by atoms with Crippen molar-refractivity contribution in [1.29, 1.82) is 0 Å². The number of rotatable bonds is 7. The second kappa shape index (κ2) is 10.3. The molecule has 0 unspecified atom stereocenters. The summed E-state index contributed by atoms with van der Waals surface area (Å²) in [6.07, 6.45) is -1.10. The Morgan fingerprint density at radius 2 is 1.73 bits per heavy atom. The van der Waals surface area contributed by atoms with E-state index in [0.717, 1.165) is 5.56 Å². The molecule has 8 nitrogen and oxygen atoms in total. The van der Waals surface area contributed by atoms with Crippen molar-refractivity contribution < 1.29 is 28.6 Å². The van der Waals surface area contributed by atoms with E-state index in [0.29, 0.717) is 0 Å². The second-order valence-electron chi connectivity index (χ2n) is 6.47. The van der Waals surface area contributed by atoms with Gasteiger partial charge in [0.2, 0.25) is 0 Å². The number of hydrogen-bond acceptors (Lipinski definition) is 6. The summed E-state index contributed by atoms with van der Waals surface area (Å²) in [4.78, 5) is 35.2. The Balaban J connectivity index is 2.40. The summed E-state index contributed by atoms with van der Waals surface area (Å²) in [5.74, 6) is -0.572. The number of carbonyl (C=O) groups is 3. The van der Waals surface area contributed by atoms with Crippen LogP contribution in [0.25, 0.3) is 0 Å². The van der Waals surface area contributed by atoms with E-state index in [4.69, 9.17) is 14.2 Å². The molecule has 2 amide bonds. The van der Waals surface area contributed by atoms with Crippen LogP contribution in [-0.4, -0.2) is 50.1 Å². The molecule has 0 aliphatic carbocycles. The minimum atomic E-state index is -0.867. The molecule has 0 aromatic heterocycles. The summed E-state index contributed by atoms with van der Waals surface area (Å²) in [6, 6.07) is 8.35. The average molecular weight is 366 g/mol. The summed E-state index contributed by atoms with van der Waals surface area (Å²) < 4.78 is 14.7. The third-order valence-electron chi connectivity index (χ3n) is 3.06. The number of amides is 2. The molecule has 0 saturated carbocycles. The molecule has 8 heteroatoms. The molecule has 0 aliphatic heterocycles. The largest absolute Gasteiger partial charge is 0.467 e. The number of esters is 1. The minimum Gasteiger partial charge on any atom is -0.467 e. The quantitative estimate of drug-likeness (QED) is 0.435. The second-order valence-corrected chi connectivity index (χ2v) is 6.47. The van der Waals surface area contributed by atoms with Crippen LogP contribution in [0.2, 0.25) is 0 Å². The van der Waals surface area contributed by atoms with Crippen LogP contribution in [0.5, 0.6) is 0 Å². The van der Waals surface area contributed by atoms with Crippen molar-refractivity contribution in [2.75, 3.05) is 20.3 Å². The van der Waals surface area contributed by atoms with Gasteiger partial charge in [-0.15, -0.1) is 0 Å². The lowest BCUT2D eigenvalue weighted by atomic mass is 10.1. The van der Waals surface area contributed by atoms with E-state index in [1.807, 2.05) is 30.3 Å². The molecule has 0 radical (unpaired) electrons. The fourth-order valence-electron chi connectivity index (χ4n) is 1.98. The first kappa shape index (κ1) is 21.3. The Kier molecular flexibility index (Phi) is 8.41. The predicted octanol–water partition coefficient (Wildman–Crippen LogP) is 2.02. The van der Waals surface area contributed by atoms with E-state index in [-0.39, 0.29) is 19.6 Å². The Bertz CT molecular complexity index is 597. The lowest BCUT2D eigenvalue weighted by Crippen LogP contribution is -2.44. The van der Waals surface area contributed by atoms with Gasteiger partial charge in [-0.25, -0.2) is 14.4 Å². The number of alkyl carbamates (subject to hydrolysis) is 2. The van der Waals surface area contributed by atoms with Crippen LogP contribution in [-0.2, 0) is 25.4 Å². The number of hydrogen-bond donors (Lipinski definition) is 2. The number of methoxy groups -OCH3 is 1. The Hall–Kier alpha value is -2.77. The van der Waals surface area contributed by atoms with Crippen molar-refractivity contribution in [3.8, 4) is 0 Å². The Labute approximate surface area is 153 Å². The van der Waals surface area contributed by atoms with E-state index < -0.39 is 29.8 Å². The SMILES string of the molecule is COC(=O)[C@H](Cc1ccccc1)NC(=O)OCCNC(=O)OC(C)(C)C. The van der Waals surface area contributed by atoms with Crippen LogP contribution in [0.15, 0.2) is 30.3 Å². The van der Waals surface area contributed by atoms with Gasteiger partial charge in [-0.1, -0.05) is 30.3 Å². The molecule has 1 rings (SSSR count). The van der Waals surface area contributed by atoms with E-state index in [1.54, 1.807) is 20.8 Å². The summed E-state index contributed by atoms with van der Waals surface area (Å²) in [6.45, 7) is 5.26. The van der Waals surface area contributed by atoms with Crippen LogP contribution < -0.4 is 10.6 Å².